The van der Waals surface area contributed by atoms with E-state index in [0.29, 0.717) is 29.1 Å². The van der Waals surface area contributed by atoms with Crippen molar-refractivity contribution < 1.29 is 14.1 Å². The Morgan fingerprint density at radius 1 is 1.21 bits per heavy atom. The first-order chi connectivity index (χ1) is 14.1. The van der Waals surface area contributed by atoms with Gasteiger partial charge >= 0.3 is 0 Å². The number of rotatable bonds is 8. The summed E-state index contributed by atoms with van der Waals surface area (Å²) in [4.78, 5) is 16.9. The van der Waals surface area contributed by atoms with E-state index in [-0.39, 0.29) is 24.5 Å². The molecule has 150 valence electrons. The fraction of sp³-hybridized carbons (Fsp3) is 0.318. The molecule has 1 aromatic heterocycles. The first-order valence-corrected chi connectivity index (χ1v) is 9.77. The fourth-order valence-corrected chi connectivity index (χ4v) is 2.99. The molecule has 29 heavy (non-hydrogen) atoms. The fourth-order valence-electron chi connectivity index (χ4n) is 2.99. The maximum absolute atomic E-state index is 12.5. The smallest absolute Gasteiger partial charge is 0.229 e. The molecule has 7 heteroatoms. The zero-order valence-electron chi connectivity index (χ0n) is 16.2. The molecule has 1 saturated carbocycles. The molecule has 1 aliphatic carbocycles. The topological polar surface area (TPSA) is 103 Å². The molecule has 2 unspecified atom stereocenters. The third-order valence-electron chi connectivity index (χ3n) is 5.04. The van der Waals surface area contributed by atoms with Crippen molar-refractivity contribution in [3.8, 4) is 5.75 Å². The van der Waals surface area contributed by atoms with Crippen molar-refractivity contribution in [3.63, 3.8) is 0 Å². The Kier molecular flexibility index (Phi) is 5.57. The molecule has 4 rings (SSSR count). The highest BCUT2D eigenvalue weighted by Crippen LogP contribution is 2.38. The zero-order chi connectivity index (χ0) is 20.2. The molecular formula is C22H24N4O3. The van der Waals surface area contributed by atoms with Crippen LogP contribution in [0.4, 0.5) is 5.69 Å². The van der Waals surface area contributed by atoms with E-state index in [1.165, 1.54) is 0 Å². The highest BCUT2D eigenvalue weighted by molar-refractivity contribution is 5.92. The van der Waals surface area contributed by atoms with Crippen LogP contribution in [0.25, 0.3) is 0 Å². The molecule has 1 amide bonds. The zero-order valence-corrected chi connectivity index (χ0v) is 16.2. The molecule has 0 spiro atoms. The van der Waals surface area contributed by atoms with Gasteiger partial charge in [-0.05, 0) is 42.7 Å². The summed E-state index contributed by atoms with van der Waals surface area (Å²) in [6.07, 6.45) is 2.23. The summed E-state index contributed by atoms with van der Waals surface area (Å²) >= 11 is 0. The predicted octanol–water partition coefficient (Wildman–Crippen LogP) is 3.80. The van der Waals surface area contributed by atoms with Crippen molar-refractivity contribution in [2.75, 3.05) is 5.32 Å². The normalized spacial score (nSPS) is 15.5. The summed E-state index contributed by atoms with van der Waals surface area (Å²) < 4.78 is 10.9. The van der Waals surface area contributed by atoms with Crippen LogP contribution in [-0.4, -0.2) is 16.0 Å². The van der Waals surface area contributed by atoms with Gasteiger partial charge in [0.2, 0.25) is 17.6 Å². The molecule has 1 fully saturated rings. The number of nitrogens with zero attached hydrogens (tertiary/aromatic N) is 2. The Hall–Kier alpha value is -3.19. The second-order valence-corrected chi connectivity index (χ2v) is 7.35. The minimum Gasteiger partial charge on any atom is -0.485 e. The summed E-state index contributed by atoms with van der Waals surface area (Å²) in [6.45, 7) is 2.07. The number of ether oxygens (including phenoxy) is 1. The summed E-state index contributed by atoms with van der Waals surface area (Å²) in [5.74, 6) is 1.82. The Morgan fingerprint density at radius 2 is 1.93 bits per heavy atom. The van der Waals surface area contributed by atoms with Gasteiger partial charge in [-0.1, -0.05) is 42.4 Å². The number of benzene rings is 2. The van der Waals surface area contributed by atoms with E-state index in [9.17, 15) is 4.79 Å². The number of anilines is 1. The lowest BCUT2D eigenvalue weighted by Gasteiger charge is -2.20. The number of amides is 1. The maximum Gasteiger partial charge on any atom is 0.229 e. The van der Waals surface area contributed by atoms with Crippen LogP contribution >= 0.6 is 0 Å². The number of carbonyl (C=O) groups is 1. The molecule has 0 radical (unpaired) electrons. The second kappa shape index (κ2) is 8.45. The van der Waals surface area contributed by atoms with Crippen LogP contribution in [-0.2, 0) is 11.4 Å². The number of aromatic nitrogens is 2. The monoisotopic (exact) mass is 392 g/mol. The Balaban J connectivity index is 1.29. The van der Waals surface area contributed by atoms with Gasteiger partial charge < -0.3 is 20.3 Å². The van der Waals surface area contributed by atoms with Gasteiger partial charge in [0.05, 0.1) is 5.92 Å². The largest absolute Gasteiger partial charge is 0.485 e. The van der Waals surface area contributed by atoms with E-state index in [2.05, 4.69) is 15.5 Å². The molecule has 0 bridgehead atoms. The first kappa shape index (κ1) is 19.1. The van der Waals surface area contributed by atoms with Crippen molar-refractivity contribution in [3.05, 3.63) is 71.9 Å². The number of hydrogen-bond donors (Lipinski definition) is 2. The molecule has 0 aliphatic heterocycles. The molecular weight excluding hydrogens is 368 g/mol. The Bertz CT molecular complexity index is 952. The van der Waals surface area contributed by atoms with Gasteiger partial charge in [0.15, 0.2) is 6.61 Å². The third kappa shape index (κ3) is 4.81. The summed E-state index contributed by atoms with van der Waals surface area (Å²) in [5, 5.41) is 6.83. The van der Waals surface area contributed by atoms with Crippen molar-refractivity contribution in [1.29, 1.82) is 0 Å². The van der Waals surface area contributed by atoms with Gasteiger partial charge in [-0.3, -0.25) is 4.79 Å². The molecule has 1 heterocycles. The molecule has 3 N–H and O–H groups in total. The minimum atomic E-state index is -0.368. The lowest BCUT2D eigenvalue weighted by molar-refractivity contribution is -0.120. The molecule has 1 aliphatic rings. The number of carbonyl (C=O) groups excluding carboxylic acids is 1. The van der Waals surface area contributed by atoms with Gasteiger partial charge in [-0.15, -0.1) is 0 Å². The van der Waals surface area contributed by atoms with Crippen LogP contribution in [0.3, 0.4) is 0 Å². The summed E-state index contributed by atoms with van der Waals surface area (Å²) in [6, 6.07) is 16.4. The van der Waals surface area contributed by atoms with Crippen LogP contribution in [0.2, 0.25) is 0 Å². The van der Waals surface area contributed by atoms with Gasteiger partial charge in [0.1, 0.15) is 5.75 Å². The van der Waals surface area contributed by atoms with Gasteiger partial charge in [-0.2, -0.15) is 4.98 Å². The van der Waals surface area contributed by atoms with Crippen molar-refractivity contribution in [1.82, 2.24) is 10.1 Å². The number of hydrogen-bond acceptors (Lipinski definition) is 6. The highest BCUT2D eigenvalue weighted by Gasteiger charge is 2.29. The Morgan fingerprint density at radius 3 is 2.62 bits per heavy atom. The number of nitrogens with one attached hydrogen (secondary N) is 1. The second-order valence-electron chi connectivity index (χ2n) is 7.35. The molecule has 2 atom stereocenters. The summed E-state index contributed by atoms with van der Waals surface area (Å²) in [5.41, 5.74) is 7.86. The van der Waals surface area contributed by atoms with E-state index >= 15 is 0 Å². The van der Waals surface area contributed by atoms with Gasteiger partial charge in [0.25, 0.3) is 0 Å². The van der Waals surface area contributed by atoms with Crippen molar-refractivity contribution in [2.24, 2.45) is 11.7 Å². The molecule has 7 nitrogen and oxygen atoms in total. The number of nitrogens with two attached hydrogens (primary N) is 1. The third-order valence-corrected chi connectivity index (χ3v) is 5.04. The molecule has 0 saturated heterocycles. The lowest BCUT2D eigenvalue weighted by Crippen LogP contribution is -2.30. The lowest BCUT2D eigenvalue weighted by atomic mass is 9.94. The van der Waals surface area contributed by atoms with Gasteiger partial charge in [-0.25, -0.2) is 0 Å². The average Bonchev–Trinajstić information content (AvgIpc) is 3.50. The average molecular weight is 392 g/mol. The van der Waals surface area contributed by atoms with Crippen molar-refractivity contribution >= 4 is 11.6 Å². The van der Waals surface area contributed by atoms with E-state index in [0.717, 1.165) is 18.4 Å². The van der Waals surface area contributed by atoms with E-state index < -0.39 is 0 Å². The van der Waals surface area contributed by atoms with E-state index in [1.807, 2.05) is 37.3 Å². The SMILES string of the molecule is CC(C(=O)Nc1ccc(OCc2noc(C3CC3)n2)cc1)C(N)c1ccccc1. The highest BCUT2D eigenvalue weighted by atomic mass is 16.5. The molecule has 2 aromatic carbocycles. The maximum atomic E-state index is 12.5. The first-order valence-electron chi connectivity index (χ1n) is 9.77. The Labute approximate surface area is 169 Å². The molecule has 3 aromatic rings. The van der Waals surface area contributed by atoms with Crippen LogP contribution < -0.4 is 15.8 Å². The van der Waals surface area contributed by atoms with Gasteiger partial charge in [0, 0.05) is 17.6 Å². The van der Waals surface area contributed by atoms with Crippen LogP contribution in [0, 0.1) is 5.92 Å². The van der Waals surface area contributed by atoms with Crippen molar-refractivity contribution in [2.45, 2.75) is 38.3 Å². The van der Waals surface area contributed by atoms with Crippen LogP contribution in [0.15, 0.2) is 59.1 Å². The van der Waals surface area contributed by atoms with Crippen LogP contribution in [0.1, 0.15) is 49.0 Å². The minimum absolute atomic E-state index is 0.130. The summed E-state index contributed by atoms with van der Waals surface area (Å²) in [7, 11) is 0. The van der Waals surface area contributed by atoms with Crippen LogP contribution in [0.5, 0.6) is 5.75 Å². The van der Waals surface area contributed by atoms with E-state index in [4.69, 9.17) is 15.0 Å². The quantitative estimate of drug-likeness (QED) is 0.604. The standard InChI is InChI=1S/C22H24N4O3/c1-14(20(23)15-5-3-2-4-6-15)21(27)24-17-9-11-18(12-10-17)28-13-19-25-22(29-26-19)16-7-8-16/h2-6,9-12,14,16,20H,7-8,13,23H2,1H3,(H,24,27). The van der Waals surface area contributed by atoms with E-state index in [1.54, 1.807) is 24.3 Å². The predicted molar refractivity (Wildman–Crippen MR) is 108 cm³/mol.